The molecule has 3 aromatic rings. The molecule has 1 amide bonds. The standard InChI is InChI=1S/C16H15NO5/c1-7-4-13(18)22-14-8(2)15-11(5-10(7)14)12(9(3)21-15)6-17-16(19)20/h4-5,17H,6H2,1-3H3,(H,19,20). The highest BCUT2D eigenvalue weighted by molar-refractivity contribution is 6.00. The van der Waals surface area contributed by atoms with Crippen molar-refractivity contribution in [2.24, 2.45) is 0 Å². The van der Waals surface area contributed by atoms with Crippen LogP contribution in [0.3, 0.4) is 0 Å². The fraction of sp³-hybridized carbons (Fsp3) is 0.250. The van der Waals surface area contributed by atoms with E-state index in [-0.39, 0.29) is 6.54 Å². The molecule has 0 saturated heterocycles. The predicted molar refractivity (Wildman–Crippen MR) is 81.3 cm³/mol. The lowest BCUT2D eigenvalue weighted by Crippen LogP contribution is -2.20. The Morgan fingerprint density at radius 2 is 1.82 bits per heavy atom. The summed E-state index contributed by atoms with van der Waals surface area (Å²) in [5.41, 5.74) is 3.05. The first-order chi connectivity index (χ1) is 10.4. The molecule has 114 valence electrons. The minimum Gasteiger partial charge on any atom is -0.465 e. The van der Waals surface area contributed by atoms with E-state index in [4.69, 9.17) is 13.9 Å². The Labute approximate surface area is 125 Å². The van der Waals surface area contributed by atoms with Crippen LogP contribution in [0.5, 0.6) is 0 Å². The average Bonchev–Trinajstić information content (AvgIpc) is 2.74. The number of hydrogen-bond acceptors (Lipinski definition) is 4. The number of carboxylic acid groups (broad SMARTS) is 1. The summed E-state index contributed by atoms with van der Waals surface area (Å²) in [6.45, 7) is 5.61. The van der Waals surface area contributed by atoms with Gasteiger partial charge in [0.05, 0.1) is 6.54 Å². The predicted octanol–water partition coefficient (Wildman–Crippen LogP) is 3.23. The van der Waals surface area contributed by atoms with Crippen LogP contribution in [0.2, 0.25) is 0 Å². The molecule has 2 aromatic heterocycles. The molecule has 0 spiro atoms. The van der Waals surface area contributed by atoms with Gasteiger partial charge in [-0.05, 0) is 32.4 Å². The molecule has 0 aliphatic heterocycles. The van der Waals surface area contributed by atoms with Crippen molar-refractivity contribution in [3.63, 3.8) is 0 Å². The maximum Gasteiger partial charge on any atom is 0.404 e. The van der Waals surface area contributed by atoms with Gasteiger partial charge in [0.1, 0.15) is 16.9 Å². The molecular weight excluding hydrogens is 286 g/mol. The van der Waals surface area contributed by atoms with Crippen LogP contribution >= 0.6 is 0 Å². The van der Waals surface area contributed by atoms with Crippen LogP contribution in [-0.4, -0.2) is 11.2 Å². The number of furan rings is 1. The van der Waals surface area contributed by atoms with Crippen molar-refractivity contribution < 1.29 is 18.7 Å². The van der Waals surface area contributed by atoms with Gasteiger partial charge < -0.3 is 19.3 Å². The molecule has 0 fully saturated rings. The first kappa shape index (κ1) is 14.2. The molecule has 0 aliphatic carbocycles. The number of amides is 1. The molecule has 0 saturated carbocycles. The van der Waals surface area contributed by atoms with Crippen LogP contribution in [0.25, 0.3) is 21.9 Å². The highest BCUT2D eigenvalue weighted by atomic mass is 16.4. The van der Waals surface area contributed by atoms with E-state index in [1.165, 1.54) is 6.07 Å². The van der Waals surface area contributed by atoms with Gasteiger partial charge in [-0.1, -0.05) is 0 Å². The third-order valence-corrected chi connectivity index (χ3v) is 3.84. The Morgan fingerprint density at radius 1 is 1.14 bits per heavy atom. The van der Waals surface area contributed by atoms with Crippen molar-refractivity contribution in [1.82, 2.24) is 5.32 Å². The second-order valence-electron chi connectivity index (χ2n) is 5.30. The first-order valence-corrected chi connectivity index (χ1v) is 6.81. The molecule has 22 heavy (non-hydrogen) atoms. The smallest absolute Gasteiger partial charge is 0.404 e. The molecule has 2 heterocycles. The Balaban J connectivity index is 2.35. The highest BCUT2D eigenvalue weighted by Crippen LogP contribution is 2.34. The Kier molecular flexibility index (Phi) is 3.16. The lowest BCUT2D eigenvalue weighted by Gasteiger charge is -2.05. The van der Waals surface area contributed by atoms with Crippen molar-refractivity contribution >= 4 is 28.0 Å². The van der Waals surface area contributed by atoms with Crippen LogP contribution in [0, 0.1) is 20.8 Å². The molecule has 3 rings (SSSR count). The Morgan fingerprint density at radius 3 is 2.50 bits per heavy atom. The summed E-state index contributed by atoms with van der Waals surface area (Å²) in [6, 6.07) is 3.32. The lowest BCUT2D eigenvalue weighted by atomic mass is 10.0. The largest absolute Gasteiger partial charge is 0.465 e. The van der Waals surface area contributed by atoms with E-state index in [2.05, 4.69) is 5.32 Å². The van der Waals surface area contributed by atoms with Gasteiger partial charge in [0.15, 0.2) is 0 Å². The van der Waals surface area contributed by atoms with Gasteiger partial charge in [-0.15, -0.1) is 0 Å². The fourth-order valence-corrected chi connectivity index (χ4v) is 2.74. The van der Waals surface area contributed by atoms with E-state index in [0.29, 0.717) is 16.9 Å². The molecule has 0 unspecified atom stereocenters. The summed E-state index contributed by atoms with van der Waals surface area (Å²) in [5.74, 6) is 0.641. The first-order valence-electron chi connectivity index (χ1n) is 6.81. The zero-order valence-electron chi connectivity index (χ0n) is 12.4. The van der Waals surface area contributed by atoms with Crippen LogP contribution in [-0.2, 0) is 6.54 Å². The summed E-state index contributed by atoms with van der Waals surface area (Å²) >= 11 is 0. The Hall–Kier alpha value is -2.76. The number of carbonyl (C=O) groups is 1. The van der Waals surface area contributed by atoms with Crippen molar-refractivity contribution in [3.05, 3.63) is 45.0 Å². The normalized spacial score (nSPS) is 11.2. The molecular formula is C16H15NO5. The van der Waals surface area contributed by atoms with Crippen molar-refractivity contribution in [3.8, 4) is 0 Å². The third-order valence-electron chi connectivity index (χ3n) is 3.84. The number of rotatable bonds is 2. The second kappa shape index (κ2) is 4.91. The zero-order valence-corrected chi connectivity index (χ0v) is 12.4. The molecule has 6 nitrogen and oxygen atoms in total. The molecule has 6 heteroatoms. The van der Waals surface area contributed by atoms with Crippen molar-refractivity contribution in [1.29, 1.82) is 0 Å². The summed E-state index contributed by atoms with van der Waals surface area (Å²) < 4.78 is 11.1. The topological polar surface area (TPSA) is 92.7 Å². The van der Waals surface area contributed by atoms with Crippen LogP contribution in [0.1, 0.15) is 22.5 Å². The highest BCUT2D eigenvalue weighted by Gasteiger charge is 2.18. The number of aryl methyl sites for hydroxylation is 3. The van der Waals surface area contributed by atoms with Gasteiger partial charge in [0, 0.05) is 28.0 Å². The summed E-state index contributed by atoms with van der Waals surface area (Å²) in [7, 11) is 0. The van der Waals surface area contributed by atoms with E-state index in [9.17, 15) is 9.59 Å². The van der Waals surface area contributed by atoms with Crippen molar-refractivity contribution in [2.45, 2.75) is 27.3 Å². The molecule has 0 atom stereocenters. The van der Waals surface area contributed by atoms with Crippen LogP contribution in [0.15, 0.2) is 25.8 Å². The maximum atomic E-state index is 11.6. The summed E-state index contributed by atoms with van der Waals surface area (Å²) in [4.78, 5) is 22.3. The number of nitrogens with one attached hydrogen (secondary N) is 1. The molecule has 0 aliphatic rings. The van der Waals surface area contributed by atoms with Crippen LogP contribution in [0.4, 0.5) is 4.79 Å². The number of hydrogen-bond donors (Lipinski definition) is 2. The minimum absolute atomic E-state index is 0.162. The molecule has 0 radical (unpaired) electrons. The van der Waals surface area contributed by atoms with Gasteiger partial charge in [-0.3, -0.25) is 0 Å². The van der Waals surface area contributed by atoms with E-state index < -0.39 is 11.7 Å². The summed E-state index contributed by atoms with van der Waals surface area (Å²) in [6.07, 6.45) is -1.09. The zero-order chi connectivity index (χ0) is 16.0. The fourth-order valence-electron chi connectivity index (χ4n) is 2.74. The SMILES string of the molecule is Cc1oc2c(C)c3oc(=O)cc(C)c3cc2c1CNC(=O)O. The monoisotopic (exact) mass is 301 g/mol. The second-order valence-corrected chi connectivity index (χ2v) is 5.30. The van der Waals surface area contributed by atoms with Gasteiger partial charge in [-0.2, -0.15) is 0 Å². The molecule has 2 N–H and O–H groups in total. The van der Waals surface area contributed by atoms with Gasteiger partial charge >= 0.3 is 11.7 Å². The molecule has 1 aromatic carbocycles. The van der Waals surface area contributed by atoms with E-state index in [0.717, 1.165) is 27.5 Å². The average molecular weight is 301 g/mol. The van der Waals surface area contributed by atoms with E-state index in [1.807, 2.05) is 19.9 Å². The number of fused-ring (bicyclic) bond motifs is 2. The van der Waals surface area contributed by atoms with Gasteiger partial charge in [0.25, 0.3) is 0 Å². The minimum atomic E-state index is -1.09. The summed E-state index contributed by atoms with van der Waals surface area (Å²) in [5, 5.41) is 12.8. The Bertz CT molecular complexity index is 964. The maximum absolute atomic E-state index is 11.6. The van der Waals surface area contributed by atoms with Gasteiger partial charge in [0.2, 0.25) is 0 Å². The van der Waals surface area contributed by atoms with Gasteiger partial charge in [-0.25, -0.2) is 9.59 Å². The number of benzene rings is 1. The van der Waals surface area contributed by atoms with E-state index in [1.54, 1.807) is 6.92 Å². The molecule has 0 bridgehead atoms. The van der Waals surface area contributed by atoms with Crippen molar-refractivity contribution in [2.75, 3.05) is 0 Å². The third kappa shape index (κ3) is 2.13. The van der Waals surface area contributed by atoms with E-state index >= 15 is 0 Å². The lowest BCUT2D eigenvalue weighted by molar-refractivity contribution is 0.194. The van der Waals surface area contributed by atoms with Crippen LogP contribution < -0.4 is 10.9 Å². The quantitative estimate of drug-likeness (QED) is 0.709.